The Morgan fingerprint density at radius 1 is 1.53 bits per heavy atom. The van der Waals surface area contributed by atoms with E-state index in [4.69, 9.17) is 10.8 Å². The fourth-order valence-electron chi connectivity index (χ4n) is 1.38. The minimum absolute atomic E-state index is 0.105. The molecule has 0 spiro atoms. The molecule has 1 aromatic heterocycles. The third-order valence-electron chi connectivity index (χ3n) is 2.16. The van der Waals surface area contributed by atoms with Crippen LogP contribution in [0.4, 0.5) is 11.4 Å². The second kappa shape index (κ2) is 4.52. The van der Waals surface area contributed by atoms with Crippen molar-refractivity contribution >= 4 is 17.3 Å². The van der Waals surface area contributed by atoms with E-state index in [1.54, 1.807) is 12.1 Å². The molecule has 0 amide bonds. The van der Waals surface area contributed by atoms with Crippen molar-refractivity contribution in [3.63, 3.8) is 0 Å². The molecule has 2 aromatic rings. The second-order valence-electron chi connectivity index (χ2n) is 3.28. The summed E-state index contributed by atoms with van der Waals surface area (Å²) >= 11 is 0. The Hall–Kier alpha value is -2.57. The largest absolute Gasteiger partial charge is 0.478 e. The normalized spacial score (nSPS) is 10.1. The van der Waals surface area contributed by atoms with Crippen LogP contribution < -0.4 is 11.1 Å². The van der Waals surface area contributed by atoms with E-state index in [-0.39, 0.29) is 12.1 Å². The predicted octanol–water partition coefficient (Wildman–Crippen LogP) is 0.962. The number of carbonyl (C=O) groups is 1. The summed E-state index contributed by atoms with van der Waals surface area (Å²) < 4.78 is 4.56. The summed E-state index contributed by atoms with van der Waals surface area (Å²) in [6.07, 6.45) is 1.20. The van der Waals surface area contributed by atoms with E-state index in [0.29, 0.717) is 17.2 Å². The van der Waals surface area contributed by atoms with E-state index in [9.17, 15) is 4.79 Å². The van der Waals surface area contributed by atoms with Crippen LogP contribution in [0.15, 0.2) is 29.1 Å². The molecule has 0 aliphatic heterocycles. The Morgan fingerprint density at radius 3 is 3.00 bits per heavy atom. The number of carboxylic acids is 1. The highest BCUT2D eigenvalue weighted by atomic mass is 16.5. The fourth-order valence-corrected chi connectivity index (χ4v) is 1.38. The van der Waals surface area contributed by atoms with Gasteiger partial charge >= 0.3 is 5.97 Å². The van der Waals surface area contributed by atoms with Crippen molar-refractivity contribution in [2.24, 2.45) is 0 Å². The number of para-hydroxylation sites is 1. The standard InChI is InChI=1S/C10H10N4O3/c11-7-3-1-2-6(10(15)16)9(7)12-4-8-13-5-17-14-8/h1-3,5,12H,4,11H2,(H,15,16). The lowest BCUT2D eigenvalue weighted by Crippen LogP contribution is -2.09. The monoisotopic (exact) mass is 234 g/mol. The number of aromatic nitrogens is 2. The number of benzene rings is 1. The van der Waals surface area contributed by atoms with Crippen molar-refractivity contribution < 1.29 is 14.4 Å². The molecular formula is C10H10N4O3. The lowest BCUT2D eigenvalue weighted by Gasteiger charge is -2.10. The topological polar surface area (TPSA) is 114 Å². The Labute approximate surface area is 96.2 Å². The van der Waals surface area contributed by atoms with E-state index >= 15 is 0 Å². The summed E-state index contributed by atoms with van der Waals surface area (Å²) in [6.45, 7) is 0.241. The van der Waals surface area contributed by atoms with Gasteiger partial charge in [0.05, 0.1) is 23.5 Å². The maximum Gasteiger partial charge on any atom is 0.337 e. The van der Waals surface area contributed by atoms with Gasteiger partial charge in [-0.15, -0.1) is 0 Å². The zero-order chi connectivity index (χ0) is 12.3. The van der Waals surface area contributed by atoms with E-state index < -0.39 is 5.97 Å². The van der Waals surface area contributed by atoms with Gasteiger partial charge in [0.2, 0.25) is 6.39 Å². The van der Waals surface area contributed by atoms with Crippen LogP contribution in [0, 0.1) is 0 Å². The number of hydrogen-bond donors (Lipinski definition) is 3. The van der Waals surface area contributed by atoms with Crippen LogP contribution >= 0.6 is 0 Å². The number of carboxylic acid groups (broad SMARTS) is 1. The maximum absolute atomic E-state index is 11.0. The maximum atomic E-state index is 11.0. The third-order valence-corrected chi connectivity index (χ3v) is 2.16. The number of nitrogens with one attached hydrogen (secondary N) is 1. The molecule has 0 saturated carbocycles. The van der Waals surface area contributed by atoms with Gasteiger partial charge in [0, 0.05) is 0 Å². The number of hydrogen-bond acceptors (Lipinski definition) is 6. The molecule has 0 unspecified atom stereocenters. The molecule has 2 rings (SSSR count). The molecular weight excluding hydrogens is 224 g/mol. The first-order chi connectivity index (χ1) is 8.18. The number of anilines is 2. The predicted molar refractivity (Wildman–Crippen MR) is 59.4 cm³/mol. The Morgan fingerprint density at radius 2 is 2.35 bits per heavy atom. The van der Waals surface area contributed by atoms with Gasteiger partial charge in [-0.1, -0.05) is 11.2 Å². The van der Waals surface area contributed by atoms with Crippen LogP contribution in [0.5, 0.6) is 0 Å². The quantitative estimate of drug-likeness (QED) is 0.675. The number of rotatable bonds is 4. The average molecular weight is 234 g/mol. The van der Waals surface area contributed by atoms with Crippen LogP contribution in [0.1, 0.15) is 16.2 Å². The fraction of sp³-hybridized carbons (Fsp3) is 0.100. The minimum Gasteiger partial charge on any atom is -0.478 e. The number of aromatic carboxylic acids is 1. The van der Waals surface area contributed by atoms with Gasteiger partial charge in [-0.3, -0.25) is 0 Å². The molecule has 0 saturated heterocycles. The highest BCUT2D eigenvalue weighted by molar-refractivity contribution is 5.97. The summed E-state index contributed by atoms with van der Waals surface area (Å²) in [5.74, 6) is -0.627. The molecule has 0 aliphatic carbocycles. The molecule has 0 radical (unpaired) electrons. The number of nitrogen functional groups attached to an aromatic ring is 1. The zero-order valence-electron chi connectivity index (χ0n) is 8.75. The molecule has 7 nitrogen and oxygen atoms in total. The van der Waals surface area contributed by atoms with Crippen molar-refractivity contribution in [3.05, 3.63) is 36.0 Å². The first kappa shape index (κ1) is 10.9. The Balaban J connectivity index is 2.22. The third kappa shape index (κ3) is 2.33. The van der Waals surface area contributed by atoms with Crippen molar-refractivity contribution in [3.8, 4) is 0 Å². The van der Waals surface area contributed by atoms with E-state index in [0.717, 1.165) is 0 Å². The van der Waals surface area contributed by atoms with E-state index in [1.165, 1.54) is 12.5 Å². The van der Waals surface area contributed by atoms with Crippen molar-refractivity contribution in [2.45, 2.75) is 6.54 Å². The van der Waals surface area contributed by atoms with Crippen LogP contribution in [-0.4, -0.2) is 21.2 Å². The van der Waals surface area contributed by atoms with Crippen molar-refractivity contribution in [1.82, 2.24) is 10.1 Å². The van der Waals surface area contributed by atoms with Crippen LogP contribution in [0.25, 0.3) is 0 Å². The van der Waals surface area contributed by atoms with E-state index in [2.05, 4.69) is 20.0 Å². The summed E-state index contributed by atoms with van der Waals surface area (Å²) in [4.78, 5) is 14.8. The lowest BCUT2D eigenvalue weighted by molar-refractivity contribution is 0.0698. The molecule has 7 heteroatoms. The van der Waals surface area contributed by atoms with Gasteiger partial charge in [0.15, 0.2) is 5.82 Å². The van der Waals surface area contributed by atoms with Crippen LogP contribution in [0.2, 0.25) is 0 Å². The van der Waals surface area contributed by atoms with Crippen molar-refractivity contribution in [1.29, 1.82) is 0 Å². The molecule has 0 bridgehead atoms. The van der Waals surface area contributed by atoms with Gasteiger partial charge in [0.25, 0.3) is 0 Å². The minimum atomic E-state index is -1.05. The highest BCUT2D eigenvalue weighted by Gasteiger charge is 2.12. The molecule has 4 N–H and O–H groups in total. The van der Waals surface area contributed by atoms with Gasteiger partial charge < -0.3 is 20.7 Å². The first-order valence-corrected chi connectivity index (χ1v) is 4.79. The van der Waals surface area contributed by atoms with Crippen LogP contribution in [-0.2, 0) is 6.54 Å². The van der Waals surface area contributed by atoms with Gasteiger partial charge in [-0.05, 0) is 12.1 Å². The van der Waals surface area contributed by atoms with Gasteiger partial charge in [0.1, 0.15) is 0 Å². The van der Waals surface area contributed by atoms with Crippen LogP contribution in [0.3, 0.4) is 0 Å². The number of nitrogens with two attached hydrogens (primary N) is 1. The first-order valence-electron chi connectivity index (χ1n) is 4.79. The Bertz CT molecular complexity index is 524. The summed E-state index contributed by atoms with van der Waals surface area (Å²) in [5, 5.41) is 15.5. The highest BCUT2D eigenvalue weighted by Crippen LogP contribution is 2.23. The summed E-state index contributed by atoms with van der Waals surface area (Å²) in [5.41, 5.74) is 6.52. The van der Waals surface area contributed by atoms with Crippen molar-refractivity contribution in [2.75, 3.05) is 11.1 Å². The molecule has 1 heterocycles. The Kier molecular flexibility index (Phi) is 2.91. The second-order valence-corrected chi connectivity index (χ2v) is 3.28. The lowest BCUT2D eigenvalue weighted by atomic mass is 10.1. The molecule has 17 heavy (non-hydrogen) atoms. The van der Waals surface area contributed by atoms with Gasteiger partial charge in [-0.25, -0.2) is 4.79 Å². The molecule has 1 aromatic carbocycles. The van der Waals surface area contributed by atoms with E-state index in [1.807, 2.05) is 0 Å². The molecule has 88 valence electrons. The SMILES string of the molecule is Nc1cccc(C(=O)O)c1NCc1ncon1. The molecule has 0 atom stereocenters. The zero-order valence-corrected chi connectivity index (χ0v) is 8.75. The summed E-state index contributed by atoms with van der Waals surface area (Å²) in [7, 11) is 0. The average Bonchev–Trinajstić information content (AvgIpc) is 2.80. The number of nitrogens with zero attached hydrogens (tertiary/aromatic N) is 2. The molecule has 0 fully saturated rings. The molecule has 0 aliphatic rings. The van der Waals surface area contributed by atoms with Gasteiger partial charge in [-0.2, -0.15) is 4.98 Å². The summed E-state index contributed by atoms with van der Waals surface area (Å²) in [6, 6.07) is 4.67. The smallest absolute Gasteiger partial charge is 0.337 e.